The minimum Gasteiger partial charge on any atom is -0.481 e. The van der Waals surface area contributed by atoms with Gasteiger partial charge in [0.05, 0.1) is 20.3 Å². The van der Waals surface area contributed by atoms with Gasteiger partial charge >= 0.3 is 0 Å². The smallest absolute Gasteiger partial charge is 0.244 e. The maximum Gasteiger partial charge on any atom is 0.244 e. The largest absolute Gasteiger partial charge is 0.481 e. The number of hydrogen-bond acceptors (Lipinski definition) is 8. The third-order valence-electron chi connectivity index (χ3n) is 5.76. The Bertz CT molecular complexity index is 1140. The highest BCUT2D eigenvalue weighted by molar-refractivity contribution is 7.90. The van der Waals surface area contributed by atoms with Gasteiger partial charge in [-0.2, -0.15) is 4.98 Å². The topological polar surface area (TPSA) is 110 Å². The summed E-state index contributed by atoms with van der Waals surface area (Å²) in [6.07, 6.45) is 0. The number of aliphatic imine (C=N–C) groups is 1. The van der Waals surface area contributed by atoms with Crippen LogP contribution in [0, 0.1) is 5.82 Å². The molecule has 31 heavy (non-hydrogen) atoms. The average Bonchev–Trinajstić information content (AvgIpc) is 3.14. The number of rotatable bonds is 5. The van der Waals surface area contributed by atoms with Crippen LogP contribution in [0.4, 0.5) is 10.2 Å². The number of fused-ring (bicyclic) bond motifs is 1. The molecule has 1 aromatic carbocycles. The molecule has 9 nitrogen and oxygen atoms in total. The molecule has 11 heteroatoms. The fraction of sp³-hybridized carbons (Fsp3) is 0.400. The van der Waals surface area contributed by atoms with Crippen molar-refractivity contribution in [1.82, 2.24) is 9.29 Å². The Morgan fingerprint density at radius 3 is 2.71 bits per heavy atom. The number of pyridine rings is 1. The molecule has 2 aliphatic rings. The van der Waals surface area contributed by atoms with Gasteiger partial charge in [-0.15, -0.1) is 0 Å². The van der Waals surface area contributed by atoms with Crippen molar-refractivity contribution >= 4 is 21.8 Å². The molecule has 0 saturated carbocycles. The van der Waals surface area contributed by atoms with Gasteiger partial charge in [-0.05, 0) is 17.7 Å². The fourth-order valence-corrected chi connectivity index (χ4v) is 6.02. The number of anilines is 1. The third kappa shape index (κ3) is 3.37. The zero-order valence-electron chi connectivity index (χ0n) is 17.4. The number of methoxy groups -OCH3 is 2. The van der Waals surface area contributed by atoms with E-state index in [2.05, 4.69) is 9.98 Å². The summed E-state index contributed by atoms with van der Waals surface area (Å²) in [6.45, 7) is 0.469. The number of sulfonamides is 1. The van der Waals surface area contributed by atoms with E-state index in [4.69, 9.17) is 15.2 Å². The highest BCUT2D eigenvalue weighted by Gasteiger charge is 2.59. The first-order valence-corrected chi connectivity index (χ1v) is 11.1. The molecule has 166 valence electrons. The van der Waals surface area contributed by atoms with E-state index in [1.807, 2.05) is 0 Å². The Hall–Kier alpha value is -2.92. The third-order valence-corrected chi connectivity index (χ3v) is 7.97. The van der Waals surface area contributed by atoms with Gasteiger partial charge in [0.2, 0.25) is 21.9 Å². The lowest BCUT2D eigenvalue weighted by Gasteiger charge is -2.38. The van der Waals surface area contributed by atoms with Gasteiger partial charge in [0.25, 0.3) is 0 Å². The first-order chi connectivity index (χ1) is 14.7. The van der Waals surface area contributed by atoms with Crippen molar-refractivity contribution in [3.05, 3.63) is 53.3 Å². The van der Waals surface area contributed by atoms with Crippen molar-refractivity contribution in [1.29, 1.82) is 0 Å². The van der Waals surface area contributed by atoms with Crippen LogP contribution in [0.3, 0.4) is 0 Å². The number of hydrogen-bond donors (Lipinski definition) is 1. The van der Waals surface area contributed by atoms with Crippen LogP contribution in [0.15, 0.2) is 41.4 Å². The van der Waals surface area contributed by atoms with Crippen LogP contribution in [0.25, 0.3) is 0 Å². The number of aromatic nitrogens is 1. The van der Waals surface area contributed by atoms with Crippen LogP contribution in [-0.2, 0) is 26.9 Å². The molecule has 2 aromatic rings. The molecule has 1 fully saturated rings. The second-order valence-corrected chi connectivity index (χ2v) is 9.71. The maximum absolute atomic E-state index is 14.9. The summed E-state index contributed by atoms with van der Waals surface area (Å²) in [6, 6.07) is 9.59. The Labute approximate surface area is 180 Å². The normalized spacial score (nSPS) is 24.6. The lowest BCUT2D eigenvalue weighted by Crippen LogP contribution is -2.57. The molecule has 0 aliphatic carbocycles. The summed E-state index contributed by atoms with van der Waals surface area (Å²) in [5.41, 5.74) is 5.56. The molecule has 4 rings (SSSR count). The number of ether oxygens (including phenoxy) is 2. The van der Waals surface area contributed by atoms with Crippen molar-refractivity contribution in [2.24, 2.45) is 10.7 Å². The van der Waals surface area contributed by atoms with E-state index in [-0.39, 0.29) is 24.6 Å². The van der Waals surface area contributed by atoms with Gasteiger partial charge in [0.15, 0.2) is 0 Å². The highest BCUT2D eigenvalue weighted by Crippen LogP contribution is 2.45. The Kier molecular flexibility index (Phi) is 5.26. The standard InChI is InChI=1S/C20H24FN5O4S/c1-25-19(22)24-20(14-6-4-5-7-15(14)21)12-26(10-16(20)31(25,27)28)17-8-13(11-29-2)9-18(23-17)30-3/h4-9,16H,10-12H2,1-3H3,(H2,22,24). The number of benzene rings is 1. The van der Waals surface area contributed by atoms with Gasteiger partial charge in [0, 0.05) is 32.3 Å². The van der Waals surface area contributed by atoms with Crippen LogP contribution < -0.4 is 15.4 Å². The van der Waals surface area contributed by atoms with Gasteiger partial charge in [-0.3, -0.25) is 0 Å². The number of halogens is 1. The van der Waals surface area contributed by atoms with Gasteiger partial charge in [0.1, 0.15) is 22.4 Å². The second-order valence-electron chi connectivity index (χ2n) is 7.56. The molecule has 2 aliphatic heterocycles. The van der Waals surface area contributed by atoms with Crippen LogP contribution in [-0.4, -0.2) is 63.3 Å². The predicted octanol–water partition coefficient (Wildman–Crippen LogP) is 1.05. The monoisotopic (exact) mass is 449 g/mol. The number of nitrogens with two attached hydrogens (primary N) is 1. The van der Waals surface area contributed by atoms with Crippen molar-refractivity contribution in [2.75, 3.05) is 39.3 Å². The summed E-state index contributed by atoms with van der Waals surface area (Å²) in [5, 5.41) is -1.05. The first kappa shape index (κ1) is 21.3. The van der Waals surface area contributed by atoms with Crippen LogP contribution in [0.5, 0.6) is 5.88 Å². The number of guanidine groups is 1. The molecule has 2 N–H and O–H groups in total. The molecular weight excluding hydrogens is 425 g/mol. The van der Waals surface area contributed by atoms with E-state index in [0.717, 1.165) is 9.87 Å². The highest BCUT2D eigenvalue weighted by atomic mass is 32.2. The first-order valence-electron chi connectivity index (χ1n) is 9.60. The molecule has 2 atom stereocenters. The summed E-state index contributed by atoms with van der Waals surface area (Å²) in [4.78, 5) is 10.8. The molecule has 3 heterocycles. The minimum absolute atomic E-state index is 0.0599. The SMILES string of the molecule is COCc1cc(OC)nc(N2CC3C(c4ccccc4F)(C2)N=C(N)N(C)S3(=O)=O)c1. The Morgan fingerprint density at radius 2 is 2.03 bits per heavy atom. The van der Waals surface area contributed by atoms with E-state index in [1.165, 1.54) is 20.2 Å². The lowest BCUT2D eigenvalue weighted by molar-refractivity contribution is 0.184. The molecule has 1 saturated heterocycles. The zero-order chi connectivity index (χ0) is 22.4. The zero-order valence-corrected chi connectivity index (χ0v) is 18.3. The van der Waals surface area contributed by atoms with Gasteiger partial charge < -0.3 is 20.1 Å². The molecular formula is C20H24FN5O4S. The van der Waals surface area contributed by atoms with E-state index < -0.39 is 26.6 Å². The maximum atomic E-state index is 14.9. The summed E-state index contributed by atoms with van der Waals surface area (Å²) < 4.78 is 53.0. The van der Waals surface area contributed by atoms with E-state index >= 15 is 0 Å². The van der Waals surface area contributed by atoms with Crippen LogP contribution in [0.2, 0.25) is 0 Å². The minimum atomic E-state index is -3.90. The van der Waals surface area contributed by atoms with Crippen molar-refractivity contribution in [3.63, 3.8) is 0 Å². The van der Waals surface area contributed by atoms with Crippen LogP contribution in [0.1, 0.15) is 11.1 Å². The molecule has 0 amide bonds. The molecule has 0 spiro atoms. The Balaban J connectivity index is 1.88. The number of nitrogens with zero attached hydrogens (tertiary/aromatic N) is 4. The van der Waals surface area contributed by atoms with Crippen molar-refractivity contribution in [3.8, 4) is 5.88 Å². The Morgan fingerprint density at radius 1 is 1.29 bits per heavy atom. The summed E-state index contributed by atoms with van der Waals surface area (Å²) in [5.74, 6) is 0.134. The van der Waals surface area contributed by atoms with Gasteiger partial charge in [-0.25, -0.2) is 22.1 Å². The van der Waals surface area contributed by atoms with Crippen molar-refractivity contribution < 1.29 is 22.3 Å². The molecule has 0 bridgehead atoms. The average molecular weight is 450 g/mol. The predicted molar refractivity (Wildman–Crippen MR) is 114 cm³/mol. The van der Waals surface area contributed by atoms with Crippen LogP contribution >= 0.6 is 0 Å². The fourth-order valence-electron chi connectivity index (χ4n) is 4.22. The lowest BCUT2D eigenvalue weighted by atomic mass is 9.88. The van der Waals surface area contributed by atoms with E-state index in [0.29, 0.717) is 18.3 Å². The van der Waals surface area contributed by atoms with E-state index in [1.54, 1.807) is 42.3 Å². The molecule has 2 unspecified atom stereocenters. The summed E-state index contributed by atoms with van der Waals surface area (Å²) in [7, 11) is 0.518. The van der Waals surface area contributed by atoms with Gasteiger partial charge in [-0.1, -0.05) is 18.2 Å². The molecule has 0 radical (unpaired) electrons. The van der Waals surface area contributed by atoms with E-state index in [9.17, 15) is 12.8 Å². The molecule has 1 aromatic heterocycles. The second kappa shape index (κ2) is 7.65. The van der Waals surface area contributed by atoms with Crippen molar-refractivity contribution in [2.45, 2.75) is 17.4 Å². The summed E-state index contributed by atoms with van der Waals surface area (Å²) >= 11 is 0. The quantitative estimate of drug-likeness (QED) is 0.726.